The van der Waals surface area contributed by atoms with Crippen molar-refractivity contribution >= 4 is 27.3 Å². The normalized spacial score (nSPS) is 10.3. The zero-order valence-corrected chi connectivity index (χ0v) is 12.0. The average molecular weight is 314 g/mol. The Kier molecular flexibility index (Phi) is 4.02. The van der Waals surface area contributed by atoms with Gasteiger partial charge in [0.25, 0.3) is 5.19 Å². The Morgan fingerprint density at radius 2 is 2.24 bits per heavy atom. The number of hydrogen-bond acceptors (Lipinski definition) is 4. The van der Waals surface area contributed by atoms with Crippen molar-refractivity contribution in [2.24, 2.45) is 0 Å². The second kappa shape index (κ2) is 5.51. The molecule has 0 amide bonds. The Labute approximate surface area is 113 Å². The van der Waals surface area contributed by atoms with Crippen LogP contribution in [0.1, 0.15) is 12.6 Å². The van der Waals surface area contributed by atoms with Gasteiger partial charge in [0, 0.05) is 5.38 Å². The van der Waals surface area contributed by atoms with Crippen LogP contribution >= 0.6 is 27.3 Å². The van der Waals surface area contributed by atoms with E-state index in [-0.39, 0.29) is 0 Å². The third-order valence-electron chi connectivity index (χ3n) is 2.23. The number of methoxy groups -OCH3 is 1. The number of hydrogen-bond donors (Lipinski definition) is 0. The molecule has 0 unspecified atom stereocenters. The Balaban J connectivity index is 2.18. The van der Waals surface area contributed by atoms with E-state index in [0.717, 1.165) is 28.1 Å². The molecule has 0 radical (unpaired) electrons. The monoisotopic (exact) mass is 313 g/mol. The molecule has 0 spiro atoms. The third-order valence-corrected chi connectivity index (χ3v) is 3.62. The maximum absolute atomic E-state index is 5.70. The number of nitrogens with zero attached hydrogens (tertiary/aromatic N) is 1. The number of aromatic nitrogens is 1. The van der Waals surface area contributed by atoms with E-state index in [9.17, 15) is 0 Å². The van der Waals surface area contributed by atoms with Crippen LogP contribution in [0.4, 0.5) is 0 Å². The second-order valence-corrected chi connectivity index (χ2v) is 5.03. The van der Waals surface area contributed by atoms with E-state index in [1.165, 1.54) is 11.3 Å². The second-order valence-electron chi connectivity index (χ2n) is 3.36. The van der Waals surface area contributed by atoms with Crippen molar-refractivity contribution in [2.75, 3.05) is 7.11 Å². The van der Waals surface area contributed by atoms with Gasteiger partial charge in [-0.1, -0.05) is 18.3 Å². The standard InChI is InChI=1S/C12H12BrNO2S/c1-3-8-7-17-12(14-8)16-11-5-4-9(15-2)6-10(11)13/h4-7H,3H2,1-2H3. The topological polar surface area (TPSA) is 31.4 Å². The minimum Gasteiger partial charge on any atom is -0.497 e. The van der Waals surface area contributed by atoms with Crippen molar-refractivity contribution in [1.29, 1.82) is 0 Å². The van der Waals surface area contributed by atoms with E-state index in [2.05, 4.69) is 27.8 Å². The molecule has 0 fully saturated rings. The maximum Gasteiger partial charge on any atom is 0.278 e. The number of ether oxygens (including phenoxy) is 2. The average Bonchev–Trinajstić information content (AvgIpc) is 2.79. The van der Waals surface area contributed by atoms with Crippen LogP contribution in [0, 0.1) is 0 Å². The molecule has 0 saturated heterocycles. The summed E-state index contributed by atoms with van der Waals surface area (Å²) in [5.74, 6) is 1.53. The molecular formula is C12H12BrNO2S. The first-order valence-electron chi connectivity index (χ1n) is 5.18. The van der Waals surface area contributed by atoms with E-state index in [0.29, 0.717) is 5.19 Å². The van der Waals surface area contributed by atoms with Gasteiger partial charge in [0.2, 0.25) is 0 Å². The molecule has 0 aliphatic rings. The minimum atomic E-state index is 0.660. The molecule has 1 heterocycles. The lowest BCUT2D eigenvalue weighted by Gasteiger charge is -2.06. The first-order chi connectivity index (χ1) is 8.22. The highest BCUT2D eigenvalue weighted by Crippen LogP contribution is 2.33. The van der Waals surface area contributed by atoms with E-state index in [4.69, 9.17) is 9.47 Å². The Morgan fingerprint density at radius 3 is 2.82 bits per heavy atom. The first kappa shape index (κ1) is 12.4. The highest BCUT2D eigenvalue weighted by atomic mass is 79.9. The summed E-state index contributed by atoms with van der Waals surface area (Å²) in [4.78, 5) is 4.35. The fourth-order valence-corrected chi connectivity index (χ4v) is 2.49. The maximum atomic E-state index is 5.70. The molecule has 17 heavy (non-hydrogen) atoms. The van der Waals surface area contributed by atoms with E-state index in [1.807, 2.05) is 23.6 Å². The van der Waals surface area contributed by atoms with Gasteiger partial charge in [-0.2, -0.15) is 0 Å². The lowest BCUT2D eigenvalue weighted by molar-refractivity contribution is 0.412. The van der Waals surface area contributed by atoms with Crippen LogP contribution in [0.2, 0.25) is 0 Å². The summed E-state index contributed by atoms with van der Waals surface area (Å²) >= 11 is 4.94. The summed E-state index contributed by atoms with van der Waals surface area (Å²) in [6.45, 7) is 2.07. The molecule has 2 rings (SSSR count). The zero-order chi connectivity index (χ0) is 12.3. The van der Waals surface area contributed by atoms with Gasteiger partial charge in [0.05, 0.1) is 17.3 Å². The minimum absolute atomic E-state index is 0.660. The molecule has 0 bridgehead atoms. The van der Waals surface area contributed by atoms with Gasteiger partial charge in [-0.25, -0.2) is 4.98 Å². The van der Waals surface area contributed by atoms with Crippen molar-refractivity contribution in [3.63, 3.8) is 0 Å². The number of thiazole rings is 1. The van der Waals surface area contributed by atoms with Gasteiger partial charge in [-0.3, -0.25) is 0 Å². The van der Waals surface area contributed by atoms with Gasteiger partial charge in [-0.05, 0) is 40.5 Å². The Bertz CT molecular complexity index is 513. The Hall–Kier alpha value is -1.07. The van der Waals surface area contributed by atoms with Crippen molar-refractivity contribution in [2.45, 2.75) is 13.3 Å². The largest absolute Gasteiger partial charge is 0.497 e. The summed E-state index contributed by atoms with van der Waals surface area (Å²) in [5.41, 5.74) is 1.05. The summed E-state index contributed by atoms with van der Waals surface area (Å²) in [5, 5.41) is 2.67. The van der Waals surface area contributed by atoms with Crippen LogP contribution in [-0.4, -0.2) is 12.1 Å². The van der Waals surface area contributed by atoms with Crippen molar-refractivity contribution in [3.8, 4) is 16.7 Å². The molecule has 0 aliphatic heterocycles. The van der Waals surface area contributed by atoms with Crippen LogP contribution in [-0.2, 0) is 6.42 Å². The lowest BCUT2D eigenvalue weighted by Crippen LogP contribution is -1.88. The van der Waals surface area contributed by atoms with E-state index >= 15 is 0 Å². The van der Waals surface area contributed by atoms with Crippen LogP contribution in [0.25, 0.3) is 0 Å². The van der Waals surface area contributed by atoms with Crippen LogP contribution in [0.3, 0.4) is 0 Å². The van der Waals surface area contributed by atoms with E-state index < -0.39 is 0 Å². The molecule has 0 saturated carbocycles. The smallest absolute Gasteiger partial charge is 0.278 e. The number of halogens is 1. The fraction of sp³-hybridized carbons (Fsp3) is 0.250. The summed E-state index contributed by atoms with van der Waals surface area (Å²) in [7, 11) is 1.64. The predicted octanol–water partition coefficient (Wildman–Crippen LogP) is 4.27. The summed E-state index contributed by atoms with van der Waals surface area (Å²) < 4.78 is 11.7. The molecule has 3 nitrogen and oxygen atoms in total. The number of aryl methyl sites for hydroxylation is 1. The molecule has 0 atom stereocenters. The molecule has 0 N–H and O–H groups in total. The molecular weight excluding hydrogens is 302 g/mol. The van der Waals surface area contributed by atoms with Gasteiger partial charge >= 0.3 is 0 Å². The van der Waals surface area contributed by atoms with Gasteiger partial charge < -0.3 is 9.47 Å². The molecule has 1 aromatic heterocycles. The van der Waals surface area contributed by atoms with Gasteiger partial charge in [0.1, 0.15) is 11.5 Å². The Morgan fingerprint density at radius 1 is 1.41 bits per heavy atom. The lowest BCUT2D eigenvalue weighted by atomic mass is 10.3. The third kappa shape index (κ3) is 2.98. The van der Waals surface area contributed by atoms with Gasteiger partial charge in [-0.15, -0.1) is 0 Å². The highest BCUT2D eigenvalue weighted by Gasteiger charge is 2.07. The molecule has 2 aromatic rings. The van der Waals surface area contributed by atoms with Crippen molar-refractivity contribution in [3.05, 3.63) is 33.7 Å². The van der Waals surface area contributed by atoms with Crippen molar-refractivity contribution < 1.29 is 9.47 Å². The molecule has 0 aliphatic carbocycles. The molecule has 90 valence electrons. The number of rotatable bonds is 4. The van der Waals surface area contributed by atoms with Crippen LogP contribution in [0.5, 0.6) is 16.7 Å². The molecule has 5 heteroatoms. The van der Waals surface area contributed by atoms with Crippen molar-refractivity contribution in [1.82, 2.24) is 4.98 Å². The van der Waals surface area contributed by atoms with Gasteiger partial charge in [0.15, 0.2) is 0 Å². The van der Waals surface area contributed by atoms with E-state index in [1.54, 1.807) is 7.11 Å². The highest BCUT2D eigenvalue weighted by molar-refractivity contribution is 9.10. The summed E-state index contributed by atoms with van der Waals surface area (Å²) in [6, 6.07) is 5.58. The predicted molar refractivity (Wildman–Crippen MR) is 72.3 cm³/mol. The summed E-state index contributed by atoms with van der Waals surface area (Å²) in [6.07, 6.45) is 0.920. The van der Waals surface area contributed by atoms with Crippen LogP contribution in [0.15, 0.2) is 28.1 Å². The zero-order valence-electron chi connectivity index (χ0n) is 9.57. The SMILES string of the molecule is CCc1csc(Oc2ccc(OC)cc2Br)n1. The first-order valence-corrected chi connectivity index (χ1v) is 6.86. The number of benzene rings is 1. The fourth-order valence-electron chi connectivity index (χ4n) is 1.28. The van der Waals surface area contributed by atoms with Crippen LogP contribution < -0.4 is 9.47 Å². The molecule has 1 aromatic carbocycles. The quantitative estimate of drug-likeness (QED) is 0.844.